The smallest absolute Gasteiger partial charge is 0.243 e. The van der Waals surface area contributed by atoms with Crippen molar-refractivity contribution in [1.29, 1.82) is 0 Å². The van der Waals surface area contributed by atoms with Crippen LogP contribution >= 0.6 is 0 Å². The SMILES string of the molecule is COc1ccc(S(=O)(=O)N(CCC(=O)N2CCNCC2)C[C@@H](C)c2ccccc2)cc1. The molecule has 1 heterocycles. The Bertz CT molecular complexity index is 943. The van der Waals surface area contributed by atoms with E-state index in [1.807, 2.05) is 37.3 Å². The van der Waals surface area contributed by atoms with E-state index < -0.39 is 10.0 Å². The van der Waals surface area contributed by atoms with Crippen LogP contribution in [0.5, 0.6) is 5.75 Å². The van der Waals surface area contributed by atoms with Gasteiger partial charge in [0.25, 0.3) is 0 Å². The summed E-state index contributed by atoms with van der Waals surface area (Å²) in [5.41, 5.74) is 1.06. The monoisotopic (exact) mass is 445 g/mol. The number of nitrogens with one attached hydrogen (secondary N) is 1. The lowest BCUT2D eigenvalue weighted by atomic mass is 10.0. The number of amides is 1. The Morgan fingerprint density at radius 1 is 1.10 bits per heavy atom. The van der Waals surface area contributed by atoms with Crippen LogP contribution in [-0.2, 0) is 14.8 Å². The summed E-state index contributed by atoms with van der Waals surface area (Å²) in [7, 11) is -2.22. The molecule has 1 N–H and O–H groups in total. The maximum Gasteiger partial charge on any atom is 0.243 e. The van der Waals surface area contributed by atoms with Crippen LogP contribution < -0.4 is 10.1 Å². The van der Waals surface area contributed by atoms with E-state index in [9.17, 15) is 13.2 Å². The Hall–Kier alpha value is -2.42. The lowest BCUT2D eigenvalue weighted by molar-refractivity contribution is -0.131. The summed E-state index contributed by atoms with van der Waals surface area (Å²) in [6.45, 7) is 5.30. The Morgan fingerprint density at radius 2 is 1.74 bits per heavy atom. The van der Waals surface area contributed by atoms with Crippen molar-refractivity contribution in [3.63, 3.8) is 0 Å². The van der Waals surface area contributed by atoms with Gasteiger partial charge in [0.15, 0.2) is 0 Å². The molecule has 31 heavy (non-hydrogen) atoms. The molecule has 1 aliphatic rings. The Kier molecular flexibility index (Phi) is 8.06. The van der Waals surface area contributed by atoms with Crippen molar-refractivity contribution < 1.29 is 17.9 Å². The minimum absolute atomic E-state index is 0.0104. The average Bonchev–Trinajstić information content (AvgIpc) is 2.82. The number of ether oxygens (including phenoxy) is 1. The molecule has 0 unspecified atom stereocenters. The number of nitrogens with zero attached hydrogens (tertiary/aromatic N) is 2. The van der Waals surface area contributed by atoms with E-state index in [4.69, 9.17) is 4.74 Å². The van der Waals surface area contributed by atoms with Crippen LogP contribution in [0.25, 0.3) is 0 Å². The predicted molar refractivity (Wildman–Crippen MR) is 121 cm³/mol. The number of sulfonamides is 1. The molecular weight excluding hydrogens is 414 g/mol. The second-order valence-electron chi connectivity index (χ2n) is 7.73. The molecule has 0 spiro atoms. The summed E-state index contributed by atoms with van der Waals surface area (Å²) in [5.74, 6) is 0.573. The molecule has 1 amide bonds. The molecule has 0 radical (unpaired) electrons. The van der Waals surface area contributed by atoms with Gasteiger partial charge in [0.1, 0.15) is 5.75 Å². The number of hydrogen-bond acceptors (Lipinski definition) is 5. The van der Waals surface area contributed by atoms with E-state index in [0.717, 1.165) is 18.7 Å². The first-order valence-electron chi connectivity index (χ1n) is 10.6. The molecule has 3 rings (SSSR count). The van der Waals surface area contributed by atoms with Gasteiger partial charge in [-0.25, -0.2) is 8.42 Å². The zero-order chi connectivity index (χ0) is 22.3. The van der Waals surface area contributed by atoms with Crippen LogP contribution in [0.3, 0.4) is 0 Å². The van der Waals surface area contributed by atoms with Crippen molar-refractivity contribution in [1.82, 2.24) is 14.5 Å². The van der Waals surface area contributed by atoms with Gasteiger partial charge in [0, 0.05) is 45.7 Å². The lowest BCUT2D eigenvalue weighted by Gasteiger charge is -2.29. The Balaban J connectivity index is 1.79. The molecule has 1 atom stereocenters. The highest BCUT2D eigenvalue weighted by Crippen LogP contribution is 2.24. The average molecular weight is 446 g/mol. The van der Waals surface area contributed by atoms with Gasteiger partial charge in [-0.15, -0.1) is 0 Å². The van der Waals surface area contributed by atoms with Crippen molar-refractivity contribution in [3.8, 4) is 5.75 Å². The molecule has 1 aliphatic heterocycles. The minimum atomic E-state index is -3.76. The van der Waals surface area contributed by atoms with Gasteiger partial charge < -0.3 is 15.0 Å². The number of methoxy groups -OCH3 is 1. The van der Waals surface area contributed by atoms with Crippen molar-refractivity contribution in [2.24, 2.45) is 0 Å². The molecule has 2 aromatic rings. The van der Waals surface area contributed by atoms with Gasteiger partial charge in [-0.1, -0.05) is 37.3 Å². The first-order chi connectivity index (χ1) is 14.9. The first-order valence-corrected chi connectivity index (χ1v) is 12.0. The number of carbonyl (C=O) groups excluding carboxylic acids is 1. The van der Waals surface area contributed by atoms with Crippen LogP contribution in [0.1, 0.15) is 24.8 Å². The maximum absolute atomic E-state index is 13.4. The summed E-state index contributed by atoms with van der Waals surface area (Å²) in [6.07, 6.45) is 0.164. The third-order valence-corrected chi connectivity index (χ3v) is 7.47. The molecule has 7 nitrogen and oxygen atoms in total. The van der Waals surface area contributed by atoms with E-state index in [1.165, 1.54) is 4.31 Å². The highest BCUT2D eigenvalue weighted by molar-refractivity contribution is 7.89. The third-order valence-electron chi connectivity index (χ3n) is 5.59. The van der Waals surface area contributed by atoms with Gasteiger partial charge in [-0.05, 0) is 35.7 Å². The van der Waals surface area contributed by atoms with Crippen molar-refractivity contribution in [2.45, 2.75) is 24.2 Å². The summed E-state index contributed by atoms with van der Waals surface area (Å²) in [4.78, 5) is 14.7. The zero-order valence-corrected chi connectivity index (χ0v) is 19.0. The normalized spacial score (nSPS) is 15.6. The van der Waals surface area contributed by atoms with Crippen LogP contribution in [0.2, 0.25) is 0 Å². The van der Waals surface area contributed by atoms with Crippen molar-refractivity contribution in [2.75, 3.05) is 46.4 Å². The molecule has 2 aromatic carbocycles. The highest BCUT2D eigenvalue weighted by atomic mass is 32.2. The quantitative estimate of drug-likeness (QED) is 0.641. The van der Waals surface area contributed by atoms with E-state index in [-0.39, 0.29) is 29.7 Å². The summed E-state index contributed by atoms with van der Waals surface area (Å²) in [5, 5.41) is 3.22. The van der Waals surface area contributed by atoms with Crippen LogP contribution in [0, 0.1) is 0 Å². The Morgan fingerprint density at radius 3 is 2.35 bits per heavy atom. The predicted octanol–water partition coefficient (Wildman–Crippen LogP) is 2.31. The van der Waals surface area contributed by atoms with E-state index in [2.05, 4.69) is 5.32 Å². The second kappa shape index (κ2) is 10.7. The van der Waals surface area contributed by atoms with Gasteiger partial charge in [0.05, 0.1) is 12.0 Å². The van der Waals surface area contributed by atoms with Crippen molar-refractivity contribution >= 4 is 15.9 Å². The van der Waals surface area contributed by atoms with E-state index >= 15 is 0 Å². The zero-order valence-electron chi connectivity index (χ0n) is 18.2. The number of benzene rings is 2. The summed E-state index contributed by atoms with van der Waals surface area (Å²) >= 11 is 0. The third kappa shape index (κ3) is 6.06. The van der Waals surface area contributed by atoms with Crippen LogP contribution in [0.4, 0.5) is 0 Å². The molecule has 0 aliphatic carbocycles. The van der Waals surface area contributed by atoms with Gasteiger partial charge in [-0.2, -0.15) is 4.31 Å². The second-order valence-corrected chi connectivity index (χ2v) is 9.67. The van der Waals surface area contributed by atoms with Crippen LogP contribution in [-0.4, -0.2) is 69.9 Å². The molecule has 168 valence electrons. The molecule has 1 saturated heterocycles. The minimum Gasteiger partial charge on any atom is -0.497 e. The van der Waals surface area contributed by atoms with Gasteiger partial charge >= 0.3 is 0 Å². The highest BCUT2D eigenvalue weighted by Gasteiger charge is 2.28. The number of rotatable bonds is 9. The fourth-order valence-electron chi connectivity index (χ4n) is 3.69. The lowest BCUT2D eigenvalue weighted by Crippen LogP contribution is -2.47. The fourth-order valence-corrected chi connectivity index (χ4v) is 5.22. The maximum atomic E-state index is 13.4. The summed E-state index contributed by atoms with van der Waals surface area (Å²) < 4.78 is 33.5. The molecule has 1 fully saturated rings. The fraction of sp³-hybridized carbons (Fsp3) is 0.435. The largest absolute Gasteiger partial charge is 0.497 e. The van der Waals surface area contributed by atoms with E-state index in [0.29, 0.717) is 25.4 Å². The topological polar surface area (TPSA) is 79.0 Å². The van der Waals surface area contributed by atoms with Crippen molar-refractivity contribution in [3.05, 3.63) is 60.2 Å². The Labute approximate surface area is 185 Å². The molecule has 0 aromatic heterocycles. The molecular formula is C23H31N3O4S. The molecule has 8 heteroatoms. The standard InChI is InChI=1S/C23H31N3O4S/c1-19(20-6-4-3-5-7-20)18-26(15-12-23(27)25-16-13-24-14-17-25)31(28,29)22-10-8-21(30-2)9-11-22/h3-11,19,24H,12-18H2,1-2H3/t19-/m1/s1. The number of hydrogen-bond donors (Lipinski definition) is 1. The van der Waals surface area contributed by atoms with Gasteiger partial charge in [0.2, 0.25) is 15.9 Å². The number of carbonyl (C=O) groups is 1. The molecule has 0 bridgehead atoms. The number of piperazine rings is 1. The summed E-state index contributed by atoms with van der Waals surface area (Å²) in [6, 6.07) is 16.2. The first kappa shape index (κ1) is 23.2. The van der Waals surface area contributed by atoms with Crippen LogP contribution in [0.15, 0.2) is 59.5 Å². The van der Waals surface area contributed by atoms with E-state index in [1.54, 1.807) is 36.3 Å². The van der Waals surface area contributed by atoms with Gasteiger partial charge in [-0.3, -0.25) is 4.79 Å². The molecule has 0 saturated carbocycles.